The van der Waals surface area contributed by atoms with Crippen LogP contribution in [0.15, 0.2) is 29.6 Å². The Kier molecular flexibility index (Phi) is 2.85. The van der Waals surface area contributed by atoms with E-state index in [4.69, 9.17) is 11.6 Å². The number of aromatic nitrogens is 1. The first kappa shape index (κ1) is 9.69. The number of hydrogen-bond acceptors (Lipinski definition) is 2. The molecule has 0 aliphatic heterocycles. The molecule has 0 fully saturated rings. The molecule has 0 saturated heterocycles. The van der Waals surface area contributed by atoms with Gasteiger partial charge in [-0.05, 0) is 12.1 Å². The Bertz CT molecular complexity index is 419. The third-order valence-corrected chi connectivity index (χ3v) is 3.07. The molecule has 71 valence electrons. The highest BCUT2D eigenvalue weighted by atomic mass is 35.5. The first-order chi connectivity index (χ1) is 6.79. The summed E-state index contributed by atoms with van der Waals surface area (Å²) in [7, 11) is 0. The maximum Gasteiger partial charge on any atom is 0.0967 e. The monoisotopic (exact) mass is 222 g/mol. The molecule has 0 unspecified atom stereocenters. The standard InChI is InChI=1S/C11H9ClNS/c1-2-11-13-10(7-14-11)8-3-5-9(12)6-4-8/h2-7H,1H3. The minimum absolute atomic E-state index is 0.756. The third kappa shape index (κ3) is 1.97. The summed E-state index contributed by atoms with van der Waals surface area (Å²) in [5, 5.41) is 3.86. The van der Waals surface area contributed by atoms with Crippen LogP contribution < -0.4 is 0 Å². The van der Waals surface area contributed by atoms with Crippen molar-refractivity contribution in [1.29, 1.82) is 0 Å². The van der Waals surface area contributed by atoms with Gasteiger partial charge in [0, 0.05) is 22.4 Å². The number of thiazole rings is 1. The van der Waals surface area contributed by atoms with Crippen molar-refractivity contribution in [3.63, 3.8) is 0 Å². The molecule has 2 rings (SSSR count). The topological polar surface area (TPSA) is 12.9 Å². The van der Waals surface area contributed by atoms with Crippen LogP contribution in [0.25, 0.3) is 11.3 Å². The summed E-state index contributed by atoms with van der Waals surface area (Å²) in [5.74, 6) is 0. The molecule has 1 aromatic heterocycles. The lowest BCUT2D eigenvalue weighted by molar-refractivity contribution is 1.29. The van der Waals surface area contributed by atoms with E-state index in [9.17, 15) is 0 Å². The lowest BCUT2D eigenvalue weighted by atomic mass is 10.2. The molecule has 2 aromatic rings. The predicted molar refractivity (Wildman–Crippen MR) is 61.6 cm³/mol. The average molecular weight is 223 g/mol. The van der Waals surface area contributed by atoms with Crippen LogP contribution in [-0.2, 0) is 0 Å². The van der Waals surface area contributed by atoms with Gasteiger partial charge in [0.15, 0.2) is 0 Å². The summed E-state index contributed by atoms with van der Waals surface area (Å²) in [4.78, 5) is 4.45. The number of halogens is 1. The molecule has 0 saturated carbocycles. The Hall–Kier alpha value is -0.860. The molecule has 3 heteroatoms. The molecule has 0 spiro atoms. The van der Waals surface area contributed by atoms with Gasteiger partial charge in [-0.3, -0.25) is 0 Å². The Morgan fingerprint density at radius 1 is 1.29 bits per heavy atom. The second-order valence-corrected chi connectivity index (χ2v) is 4.19. The van der Waals surface area contributed by atoms with Gasteiger partial charge in [0.2, 0.25) is 0 Å². The van der Waals surface area contributed by atoms with E-state index in [1.807, 2.05) is 37.6 Å². The van der Waals surface area contributed by atoms with E-state index in [1.165, 1.54) is 0 Å². The second-order valence-electron chi connectivity index (χ2n) is 2.87. The molecule has 0 atom stereocenters. The average Bonchev–Trinajstić information content (AvgIpc) is 2.67. The molecule has 1 radical (unpaired) electrons. The van der Waals surface area contributed by atoms with Gasteiger partial charge in [-0.2, -0.15) is 0 Å². The van der Waals surface area contributed by atoms with Crippen LogP contribution in [0, 0.1) is 6.42 Å². The SMILES string of the molecule is C[CH]c1nc(-c2ccc(Cl)cc2)cs1. The van der Waals surface area contributed by atoms with Crippen molar-refractivity contribution < 1.29 is 0 Å². The number of nitrogens with zero attached hydrogens (tertiary/aromatic N) is 1. The normalized spacial score (nSPS) is 10.4. The van der Waals surface area contributed by atoms with Crippen molar-refractivity contribution in [2.75, 3.05) is 0 Å². The molecule has 0 amide bonds. The third-order valence-electron chi connectivity index (χ3n) is 1.91. The van der Waals surface area contributed by atoms with Crippen LogP contribution in [-0.4, -0.2) is 4.98 Å². The van der Waals surface area contributed by atoms with E-state index in [1.54, 1.807) is 11.3 Å². The second kappa shape index (κ2) is 4.11. The Morgan fingerprint density at radius 3 is 2.57 bits per heavy atom. The summed E-state index contributed by atoms with van der Waals surface area (Å²) >= 11 is 7.46. The largest absolute Gasteiger partial charge is 0.241 e. The summed E-state index contributed by atoms with van der Waals surface area (Å²) < 4.78 is 0. The van der Waals surface area contributed by atoms with E-state index in [-0.39, 0.29) is 0 Å². The van der Waals surface area contributed by atoms with E-state index in [0.717, 1.165) is 21.3 Å². The molecule has 1 nitrogen and oxygen atoms in total. The van der Waals surface area contributed by atoms with Crippen molar-refractivity contribution in [3.05, 3.63) is 46.1 Å². The smallest absolute Gasteiger partial charge is 0.0967 e. The van der Waals surface area contributed by atoms with E-state index < -0.39 is 0 Å². The van der Waals surface area contributed by atoms with Gasteiger partial charge in [0.1, 0.15) is 0 Å². The van der Waals surface area contributed by atoms with Gasteiger partial charge in [0.05, 0.1) is 10.7 Å². The molecule has 0 aliphatic carbocycles. The Morgan fingerprint density at radius 2 is 2.00 bits per heavy atom. The van der Waals surface area contributed by atoms with Crippen LogP contribution in [0.1, 0.15) is 11.9 Å². The molecule has 0 bridgehead atoms. The number of hydrogen-bond donors (Lipinski definition) is 0. The van der Waals surface area contributed by atoms with Crippen LogP contribution in [0.3, 0.4) is 0 Å². The van der Waals surface area contributed by atoms with Crippen LogP contribution in [0.2, 0.25) is 5.02 Å². The van der Waals surface area contributed by atoms with Gasteiger partial charge in [-0.15, -0.1) is 11.3 Å². The van der Waals surface area contributed by atoms with Crippen LogP contribution in [0.5, 0.6) is 0 Å². The molecule has 0 aliphatic rings. The highest BCUT2D eigenvalue weighted by Gasteiger charge is 2.02. The molecule has 14 heavy (non-hydrogen) atoms. The van der Waals surface area contributed by atoms with Gasteiger partial charge in [-0.25, -0.2) is 4.98 Å². The molecule has 1 heterocycles. The Labute approximate surface area is 92.4 Å². The maximum absolute atomic E-state index is 5.81. The van der Waals surface area contributed by atoms with Gasteiger partial charge in [0.25, 0.3) is 0 Å². The fourth-order valence-corrected chi connectivity index (χ4v) is 2.01. The lowest BCUT2D eigenvalue weighted by Crippen LogP contribution is -1.78. The lowest BCUT2D eigenvalue weighted by Gasteiger charge is -1.95. The van der Waals surface area contributed by atoms with E-state index >= 15 is 0 Å². The highest BCUT2D eigenvalue weighted by molar-refractivity contribution is 7.10. The first-order valence-electron chi connectivity index (χ1n) is 4.30. The number of rotatable bonds is 2. The van der Waals surface area contributed by atoms with Crippen molar-refractivity contribution in [2.24, 2.45) is 0 Å². The molecule has 0 N–H and O–H groups in total. The van der Waals surface area contributed by atoms with E-state index in [0.29, 0.717) is 0 Å². The minimum Gasteiger partial charge on any atom is -0.241 e. The molecule has 1 aromatic carbocycles. The quantitative estimate of drug-likeness (QED) is 0.748. The summed E-state index contributed by atoms with van der Waals surface area (Å²) in [6.07, 6.45) is 2.00. The minimum atomic E-state index is 0.756. The van der Waals surface area contributed by atoms with E-state index in [2.05, 4.69) is 10.4 Å². The zero-order valence-electron chi connectivity index (χ0n) is 7.70. The Balaban J connectivity index is 2.34. The predicted octanol–water partition coefficient (Wildman–Crippen LogP) is 4.04. The van der Waals surface area contributed by atoms with Crippen LogP contribution >= 0.6 is 22.9 Å². The van der Waals surface area contributed by atoms with Crippen LogP contribution in [0.4, 0.5) is 0 Å². The fraction of sp³-hybridized carbons (Fsp3) is 0.0909. The zero-order chi connectivity index (χ0) is 9.97. The molecular formula is C11H9ClNS. The first-order valence-corrected chi connectivity index (χ1v) is 5.56. The summed E-state index contributed by atoms with van der Waals surface area (Å²) in [6.45, 7) is 1.99. The molecular weight excluding hydrogens is 214 g/mol. The van der Waals surface area contributed by atoms with Gasteiger partial charge < -0.3 is 0 Å². The summed E-state index contributed by atoms with van der Waals surface area (Å²) in [6, 6.07) is 7.73. The highest BCUT2D eigenvalue weighted by Crippen LogP contribution is 2.23. The van der Waals surface area contributed by atoms with Crippen molar-refractivity contribution in [1.82, 2.24) is 4.98 Å². The zero-order valence-corrected chi connectivity index (χ0v) is 9.27. The van der Waals surface area contributed by atoms with Gasteiger partial charge >= 0.3 is 0 Å². The summed E-state index contributed by atoms with van der Waals surface area (Å²) in [5.41, 5.74) is 2.12. The number of benzene rings is 1. The maximum atomic E-state index is 5.81. The van der Waals surface area contributed by atoms with Crippen molar-refractivity contribution in [2.45, 2.75) is 6.92 Å². The van der Waals surface area contributed by atoms with Gasteiger partial charge in [-0.1, -0.05) is 30.7 Å². The fourth-order valence-electron chi connectivity index (χ4n) is 1.17. The van der Waals surface area contributed by atoms with Crippen molar-refractivity contribution >= 4 is 22.9 Å². The van der Waals surface area contributed by atoms with Crippen molar-refractivity contribution in [3.8, 4) is 11.3 Å².